The van der Waals surface area contributed by atoms with E-state index in [4.69, 9.17) is 10.5 Å². The van der Waals surface area contributed by atoms with Crippen LogP contribution in [0, 0.1) is 5.92 Å². The van der Waals surface area contributed by atoms with E-state index in [2.05, 4.69) is 27.1 Å². The van der Waals surface area contributed by atoms with Crippen LogP contribution in [0.1, 0.15) is 19.8 Å². The molecule has 1 aromatic carbocycles. The highest BCUT2D eigenvalue weighted by atomic mass is 16.5. The molecule has 0 amide bonds. The van der Waals surface area contributed by atoms with Crippen LogP contribution in [0.5, 0.6) is 5.75 Å². The van der Waals surface area contributed by atoms with E-state index in [0.717, 1.165) is 30.3 Å². The van der Waals surface area contributed by atoms with Gasteiger partial charge in [-0.1, -0.05) is 13.0 Å². The highest BCUT2D eigenvalue weighted by molar-refractivity contribution is 5.78. The van der Waals surface area contributed by atoms with Gasteiger partial charge in [-0.15, -0.1) is 0 Å². The van der Waals surface area contributed by atoms with E-state index < -0.39 is 0 Å². The summed E-state index contributed by atoms with van der Waals surface area (Å²) in [5.74, 6) is 2.89. The van der Waals surface area contributed by atoms with Crippen LogP contribution < -0.4 is 20.7 Å². The van der Waals surface area contributed by atoms with Gasteiger partial charge in [0.25, 0.3) is 0 Å². The number of aromatic nitrogens is 2. The monoisotopic (exact) mass is 313 g/mol. The number of piperidine rings is 1. The van der Waals surface area contributed by atoms with Gasteiger partial charge in [-0.05, 0) is 30.9 Å². The molecule has 0 saturated carbocycles. The SMILES string of the molecule is COc1cccc(Nc2ncnc(N3CCCC(C)C3)c2N)c1. The first kappa shape index (κ1) is 15.4. The van der Waals surface area contributed by atoms with Gasteiger partial charge in [0.15, 0.2) is 11.6 Å². The van der Waals surface area contributed by atoms with E-state index >= 15 is 0 Å². The smallest absolute Gasteiger partial charge is 0.159 e. The Kier molecular flexibility index (Phi) is 4.50. The molecule has 1 fully saturated rings. The maximum absolute atomic E-state index is 6.32. The Bertz CT molecular complexity index is 676. The van der Waals surface area contributed by atoms with Crippen molar-refractivity contribution in [3.63, 3.8) is 0 Å². The molecule has 1 aromatic heterocycles. The van der Waals surface area contributed by atoms with Gasteiger partial charge in [0.05, 0.1) is 7.11 Å². The summed E-state index contributed by atoms with van der Waals surface area (Å²) in [7, 11) is 1.65. The molecule has 23 heavy (non-hydrogen) atoms. The van der Waals surface area contributed by atoms with E-state index in [1.54, 1.807) is 13.4 Å². The molecule has 1 unspecified atom stereocenters. The van der Waals surface area contributed by atoms with Crippen molar-refractivity contribution in [2.24, 2.45) is 5.92 Å². The Morgan fingerprint density at radius 2 is 2.22 bits per heavy atom. The number of methoxy groups -OCH3 is 1. The lowest BCUT2D eigenvalue weighted by Gasteiger charge is -2.32. The standard InChI is InChI=1S/C17H23N5O/c1-12-5-4-8-22(10-12)17-15(18)16(19-11-20-17)21-13-6-3-7-14(9-13)23-2/h3,6-7,9,11-12H,4-5,8,10,18H2,1-2H3,(H,19,20,21). The summed E-state index contributed by atoms with van der Waals surface area (Å²) in [5.41, 5.74) is 7.79. The van der Waals surface area contributed by atoms with Crippen LogP contribution in [0.15, 0.2) is 30.6 Å². The molecule has 3 N–H and O–H groups in total. The fourth-order valence-electron chi connectivity index (χ4n) is 2.96. The van der Waals surface area contributed by atoms with Crippen LogP contribution in [0.4, 0.5) is 23.0 Å². The van der Waals surface area contributed by atoms with Crippen LogP contribution in [-0.2, 0) is 0 Å². The summed E-state index contributed by atoms with van der Waals surface area (Å²) in [6.45, 7) is 4.24. The van der Waals surface area contributed by atoms with Crippen LogP contribution in [0.2, 0.25) is 0 Å². The predicted octanol–water partition coefficient (Wildman–Crippen LogP) is 3.05. The molecule has 1 atom stereocenters. The summed E-state index contributed by atoms with van der Waals surface area (Å²) in [6, 6.07) is 7.68. The number of ether oxygens (including phenoxy) is 1. The van der Waals surface area contributed by atoms with E-state index in [9.17, 15) is 0 Å². The number of nitrogens with two attached hydrogens (primary N) is 1. The number of nitrogens with zero attached hydrogens (tertiary/aromatic N) is 3. The Labute approximate surface area is 136 Å². The van der Waals surface area contributed by atoms with Crippen molar-refractivity contribution >= 4 is 23.0 Å². The summed E-state index contributed by atoms with van der Waals surface area (Å²) < 4.78 is 5.24. The molecule has 2 aromatic rings. The first-order valence-electron chi connectivity index (χ1n) is 7.94. The molecule has 122 valence electrons. The lowest BCUT2D eigenvalue weighted by Crippen LogP contribution is -2.35. The molecule has 1 aliphatic heterocycles. The molecule has 1 aliphatic rings. The van der Waals surface area contributed by atoms with Gasteiger partial charge >= 0.3 is 0 Å². The molecule has 0 spiro atoms. The van der Waals surface area contributed by atoms with Crippen LogP contribution >= 0.6 is 0 Å². The Hall–Kier alpha value is -2.50. The van der Waals surface area contributed by atoms with Gasteiger partial charge in [0.1, 0.15) is 17.8 Å². The average Bonchev–Trinajstić information content (AvgIpc) is 2.57. The van der Waals surface area contributed by atoms with Crippen LogP contribution in [0.25, 0.3) is 0 Å². The van der Waals surface area contributed by atoms with Gasteiger partial charge in [-0.2, -0.15) is 0 Å². The molecule has 0 bridgehead atoms. The summed E-state index contributed by atoms with van der Waals surface area (Å²) in [4.78, 5) is 10.9. The van der Waals surface area contributed by atoms with Crippen molar-refractivity contribution in [2.75, 3.05) is 36.1 Å². The molecular weight excluding hydrogens is 290 g/mol. The van der Waals surface area contributed by atoms with E-state index in [1.807, 2.05) is 24.3 Å². The minimum Gasteiger partial charge on any atom is -0.497 e. The largest absolute Gasteiger partial charge is 0.497 e. The van der Waals surface area contributed by atoms with Crippen molar-refractivity contribution in [2.45, 2.75) is 19.8 Å². The summed E-state index contributed by atoms with van der Waals surface area (Å²) in [6.07, 6.45) is 3.99. The van der Waals surface area contributed by atoms with Gasteiger partial charge in [-0.25, -0.2) is 9.97 Å². The van der Waals surface area contributed by atoms with Gasteiger partial charge in [-0.3, -0.25) is 0 Å². The minimum atomic E-state index is 0.587. The lowest BCUT2D eigenvalue weighted by atomic mass is 10.0. The highest BCUT2D eigenvalue weighted by Crippen LogP contribution is 2.31. The second-order valence-electron chi connectivity index (χ2n) is 6.01. The average molecular weight is 313 g/mol. The zero-order chi connectivity index (χ0) is 16.2. The Morgan fingerprint density at radius 3 is 3.00 bits per heavy atom. The maximum Gasteiger partial charge on any atom is 0.159 e. The van der Waals surface area contributed by atoms with Crippen LogP contribution in [-0.4, -0.2) is 30.2 Å². The van der Waals surface area contributed by atoms with Gasteiger partial charge in [0, 0.05) is 24.8 Å². The quantitative estimate of drug-likeness (QED) is 0.903. The summed E-state index contributed by atoms with van der Waals surface area (Å²) in [5, 5.41) is 3.25. The number of nitrogens with one attached hydrogen (secondary N) is 1. The Balaban J connectivity index is 1.84. The van der Waals surface area contributed by atoms with Crippen molar-refractivity contribution in [1.82, 2.24) is 9.97 Å². The van der Waals surface area contributed by atoms with Crippen molar-refractivity contribution < 1.29 is 4.74 Å². The fraction of sp³-hybridized carbons (Fsp3) is 0.412. The van der Waals surface area contributed by atoms with Gasteiger partial charge < -0.3 is 20.7 Å². The highest BCUT2D eigenvalue weighted by Gasteiger charge is 2.21. The molecule has 3 rings (SSSR count). The van der Waals surface area contributed by atoms with Crippen molar-refractivity contribution in [1.29, 1.82) is 0 Å². The molecule has 6 heteroatoms. The molecule has 0 aliphatic carbocycles. The van der Waals surface area contributed by atoms with Crippen molar-refractivity contribution in [3.8, 4) is 5.75 Å². The number of hydrogen-bond donors (Lipinski definition) is 2. The first-order chi connectivity index (χ1) is 11.2. The molecular formula is C17H23N5O. The predicted molar refractivity (Wildman–Crippen MR) is 93.3 cm³/mol. The lowest BCUT2D eigenvalue weighted by molar-refractivity contribution is 0.415. The molecule has 2 heterocycles. The minimum absolute atomic E-state index is 0.587. The Morgan fingerprint density at radius 1 is 1.35 bits per heavy atom. The summed E-state index contributed by atoms with van der Waals surface area (Å²) >= 11 is 0. The second-order valence-corrected chi connectivity index (χ2v) is 6.01. The number of benzene rings is 1. The third kappa shape index (κ3) is 3.47. The first-order valence-corrected chi connectivity index (χ1v) is 7.94. The number of nitrogen functional groups attached to an aromatic ring is 1. The van der Waals surface area contributed by atoms with E-state index in [1.165, 1.54) is 12.8 Å². The normalized spacial score (nSPS) is 17.8. The fourth-order valence-corrected chi connectivity index (χ4v) is 2.96. The van der Waals surface area contributed by atoms with Crippen molar-refractivity contribution in [3.05, 3.63) is 30.6 Å². The molecule has 6 nitrogen and oxygen atoms in total. The third-order valence-corrected chi connectivity index (χ3v) is 4.15. The van der Waals surface area contributed by atoms with Crippen LogP contribution in [0.3, 0.4) is 0 Å². The molecule has 1 saturated heterocycles. The molecule has 0 radical (unpaired) electrons. The maximum atomic E-state index is 6.32. The number of hydrogen-bond acceptors (Lipinski definition) is 6. The third-order valence-electron chi connectivity index (χ3n) is 4.15. The van der Waals surface area contributed by atoms with E-state index in [0.29, 0.717) is 17.4 Å². The zero-order valence-corrected chi connectivity index (χ0v) is 13.6. The number of anilines is 4. The van der Waals surface area contributed by atoms with E-state index in [-0.39, 0.29) is 0 Å². The number of rotatable bonds is 4. The zero-order valence-electron chi connectivity index (χ0n) is 13.6. The van der Waals surface area contributed by atoms with Gasteiger partial charge in [0.2, 0.25) is 0 Å². The second kappa shape index (κ2) is 6.73. The topological polar surface area (TPSA) is 76.3 Å².